The van der Waals surface area contributed by atoms with Crippen LogP contribution in [-0.4, -0.2) is 38.9 Å². The average molecular weight is 363 g/mol. The molecule has 0 aliphatic heterocycles. The summed E-state index contributed by atoms with van der Waals surface area (Å²) in [7, 11) is 0.340. The monoisotopic (exact) mass is 362 g/mol. The van der Waals surface area contributed by atoms with Crippen molar-refractivity contribution in [2.24, 2.45) is 0 Å². The molecule has 1 N–H and O–H groups in total. The summed E-state index contributed by atoms with van der Waals surface area (Å²) in [6.07, 6.45) is 0.812. The lowest BCUT2D eigenvalue weighted by Crippen LogP contribution is -2.15. The zero-order valence-corrected chi connectivity index (χ0v) is 15.2. The highest BCUT2D eigenvalue weighted by Gasteiger charge is 2.26. The fourth-order valence-corrected chi connectivity index (χ4v) is 4.75. The number of nitrogens with one attached hydrogen (secondary N) is 1. The number of aromatic nitrogens is 1. The average Bonchev–Trinajstić information content (AvgIpc) is 2.90. The normalized spacial score (nSPS) is 12.2. The Morgan fingerprint density at radius 3 is 2.42 bits per heavy atom. The van der Waals surface area contributed by atoms with Gasteiger partial charge in [-0.15, -0.1) is 0 Å². The van der Waals surface area contributed by atoms with Crippen molar-refractivity contribution in [2.45, 2.75) is 16.2 Å². The molecule has 0 saturated heterocycles. The third kappa shape index (κ3) is 3.07. The zero-order chi connectivity index (χ0) is 17.3. The molecule has 0 spiro atoms. The van der Waals surface area contributed by atoms with Crippen LogP contribution in [0.4, 0.5) is 0 Å². The SMILES string of the molecule is CN(C)CCc1cccc2c(S(=O)(=O)c3ccccc3)c(Cl)[nH]c12. The largest absolute Gasteiger partial charge is 0.344 e. The van der Waals surface area contributed by atoms with Gasteiger partial charge in [-0.25, -0.2) is 8.42 Å². The van der Waals surface area contributed by atoms with Gasteiger partial charge in [0.05, 0.1) is 10.4 Å². The summed E-state index contributed by atoms with van der Waals surface area (Å²) in [6.45, 7) is 0.872. The maximum atomic E-state index is 13.0. The van der Waals surface area contributed by atoms with E-state index in [9.17, 15) is 8.42 Å². The molecule has 4 nitrogen and oxygen atoms in total. The van der Waals surface area contributed by atoms with E-state index < -0.39 is 9.84 Å². The van der Waals surface area contributed by atoms with E-state index in [1.807, 2.05) is 26.2 Å². The van der Waals surface area contributed by atoms with Crippen LogP contribution in [0.3, 0.4) is 0 Å². The Kier molecular flexibility index (Phi) is 4.67. The van der Waals surface area contributed by atoms with Gasteiger partial charge in [-0.2, -0.15) is 0 Å². The molecule has 3 aromatic rings. The van der Waals surface area contributed by atoms with Crippen LogP contribution in [0, 0.1) is 0 Å². The topological polar surface area (TPSA) is 53.2 Å². The molecule has 126 valence electrons. The first-order chi connectivity index (χ1) is 11.4. The van der Waals surface area contributed by atoms with Crippen LogP contribution >= 0.6 is 11.6 Å². The molecule has 1 aromatic heterocycles. The number of likely N-dealkylation sites (N-methyl/N-ethyl adjacent to an activating group) is 1. The summed E-state index contributed by atoms with van der Waals surface area (Å²) in [4.78, 5) is 5.54. The van der Waals surface area contributed by atoms with Crippen LogP contribution in [0.2, 0.25) is 5.15 Å². The second-order valence-corrected chi connectivity index (χ2v) is 8.24. The maximum absolute atomic E-state index is 13.0. The van der Waals surface area contributed by atoms with Gasteiger partial charge in [0.15, 0.2) is 0 Å². The molecule has 0 saturated carbocycles. The molecule has 2 aromatic carbocycles. The summed E-state index contributed by atoms with van der Waals surface area (Å²) < 4.78 is 26.0. The molecule has 3 rings (SSSR count). The van der Waals surface area contributed by atoms with Crippen LogP contribution < -0.4 is 0 Å². The first-order valence-electron chi connectivity index (χ1n) is 7.65. The van der Waals surface area contributed by atoms with Crippen LogP contribution in [0.1, 0.15) is 5.56 Å². The highest BCUT2D eigenvalue weighted by Crippen LogP contribution is 2.35. The zero-order valence-electron chi connectivity index (χ0n) is 13.6. The van der Waals surface area contributed by atoms with Crippen molar-refractivity contribution in [3.8, 4) is 0 Å². The third-order valence-corrected chi connectivity index (χ3v) is 6.23. The number of aromatic amines is 1. The van der Waals surface area contributed by atoms with E-state index in [2.05, 4.69) is 9.88 Å². The Labute approximate surface area is 147 Å². The van der Waals surface area contributed by atoms with Crippen molar-refractivity contribution in [3.05, 3.63) is 59.2 Å². The minimum Gasteiger partial charge on any atom is -0.344 e. The standard InChI is InChI=1S/C18H19ClN2O2S/c1-21(2)12-11-13-7-6-10-15-16(13)20-18(19)17(15)24(22,23)14-8-4-3-5-9-14/h3-10,20H,11-12H2,1-2H3. The molecule has 24 heavy (non-hydrogen) atoms. The first-order valence-corrected chi connectivity index (χ1v) is 9.51. The molecular weight excluding hydrogens is 344 g/mol. The molecular formula is C18H19ClN2O2S. The minimum atomic E-state index is -3.67. The molecule has 0 aliphatic rings. The van der Waals surface area contributed by atoms with Gasteiger partial charge in [0, 0.05) is 11.9 Å². The number of sulfone groups is 1. The predicted molar refractivity (Wildman–Crippen MR) is 97.5 cm³/mol. The fraction of sp³-hybridized carbons (Fsp3) is 0.222. The van der Waals surface area contributed by atoms with Crippen molar-refractivity contribution >= 4 is 32.3 Å². The summed E-state index contributed by atoms with van der Waals surface area (Å²) in [5, 5.41) is 0.797. The van der Waals surface area contributed by atoms with Crippen LogP contribution in [0.25, 0.3) is 10.9 Å². The van der Waals surface area contributed by atoms with Gasteiger partial charge in [0.25, 0.3) is 0 Å². The van der Waals surface area contributed by atoms with Gasteiger partial charge in [-0.3, -0.25) is 0 Å². The van der Waals surface area contributed by atoms with E-state index in [0.29, 0.717) is 5.39 Å². The molecule has 0 amide bonds. The van der Waals surface area contributed by atoms with Crippen molar-refractivity contribution < 1.29 is 8.42 Å². The maximum Gasteiger partial charge on any atom is 0.210 e. The van der Waals surface area contributed by atoms with Gasteiger partial charge in [0.2, 0.25) is 9.84 Å². The molecule has 0 unspecified atom stereocenters. The van der Waals surface area contributed by atoms with Crippen molar-refractivity contribution in [3.63, 3.8) is 0 Å². The number of para-hydroxylation sites is 1. The molecule has 0 bridgehead atoms. The Morgan fingerprint density at radius 1 is 1.04 bits per heavy atom. The lowest BCUT2D eigenvalue weighted by atomic mass is 10.1. The first kappa shape index (κ1) is 17.0. The summed E-state index contributed by atoms with van der Waals surface area (Å²) in [5.41, 5.74) is 1.84. The Morgan fingerprint density at radius 2 is 1.75 bits per heavy atom. The predicted octanol–water partition coefficient (Wildman–Crippen LogP) is 3.76. The van der Waals surface area contributed by atoms with Gasteiger partial charge >= 0.3 is 0 Å². The molecule has 0 atom stereocenters. The summed E-state index contributed by atoms with van der Waals surface area (Å²) >= 11 is 6.29. The molecule has 1 heterocycles. The van der Waals surface area contributed by atoms with Gasteiger partial charge in [-0.05, 0) is 38.2 Å². The fourth-order valence-electron chi connectivity index (χ4n) is 2.75. The summed E-state index contributed by atoms with van der Waals surface area (Å²) in [6, 6.07) is 14.0. The quantitative estimate of drug-likeness (QED) is 0.751. The van der Waals surface area contributed by atoms with E-state index in [1.165, 1.54) is 0 Å². The van der Waals surface area contributed by atoms with Crippen molar-refractivity contribution in [1.29, 1.82) is 0 Å². The van der Waals surface area contributed by atoms with E-state index in [-0.39, 0.29) is 14.9 Å². The van der Waals surface area contributed by atoms with Gasteiger partial charge < -0.3 is 9.88 Å². The van der Waals surface area contributed by atoms with E-state index in [4.69, 9.17) is 11.6 Å². The van der Waals surface area contributed by atoms with Crippen molar-refractivity contribution in [2.75, 3.05) is 20.6 Å². The highest BCUT2D eigenvalue weighted by atomic mass is 35.5. The highest BCUT2D eigenvalue weighted by molar-refractivity contribution is 7.91. The van der Waals surface area contributed by atoms with Crippen molar-refractivity contribution in [1.82, 2.24) is 9.88 Å². The molecule has 6 heteroatoms. The number of nitrogens with zero attached hydrogens (tertiary/aromatic N) is 1. The number of hydrogen-bond acceptors (Lipinski definition) is 3. The number of halogens is 1. The number of fused-ring (bicyclic) bond motifs is 1. The van der Waals surface area contributed by atoms with Crippen LogP contribution in [0.15, 0.2) is 58.3 Å². The Hall–Kier alpha value is -1.82. The molecule has 0 radical (unpaired) electrons. The third-order valence-electron chi connectivity index (χ3n) is 3.98. The number of rotatable bonds is 5. The smallest absolute Gasteiger partial charge is 0.210 e. The van der Waals surface area contributed by atoms with Gasteiger partial charge in [-0.1, -0.05) is 48.0 Å². The van der Waals surface area contributed by atoms with Crippen LogP contribution in [-0.2, 0) is 16.3 Å². The lowest BCUT2D eigenvalue weighted by molar-refractivity contribution is 0.414. The number of benzene rings is 2. The van der Waals surface area contributed by atoms with E-state index in [0.717, 1.165) is 24.0 Å². The van der Waals surface area contributed by atoms with Crippen LogP contribution in [0.5, 0.6) is 0 Å². The van der Waals surface area contributed by atoms with Gasteiger partial charge in [0.1, 0.15) is 10.0 Å². The second kappa shape index (κ2) is 6.59. The molecule has 0 fully saturated rings. The second-order valence-electron chi connectivity index (χ2n) is 5.98. The molecule has 0 aliphatic carbocycles. The number of hydrogen-bond donors (Lipinski definition) is 1. The Bertz CT molecular complexity index is 963. The lowest BCUT2D eigenvalue weighted by Gasteiger charge is -2.10. The van der Waals surface area contributed by atoms with E-state index >= 15 is 0 Å². The Balaban J connectivity index is 2.16. The van der Waals surface area contributed by atoms with E-state index in [1.54, 1.807) is 36.4 Å². The minimum absolute atomic E-state index is 0.150. The summed E-state index contributed by atoms with van der Waals surface area (Å²) in [5.74, 6) is 0. The number of H-pyrrole nitrogens is 1.